The molecule has 3 rings (SSSR count). The van der Waals surface area contributed by atoms with Gasteiger partial charge < -0.3 is 19.9 Å². The Labute approximate surface area is 174 Å². The summed E-state index contributed by atoms with van der Waals surface area (Å²) in [4.78, 5) is 24.4. The minimum Gasteiger partial charge on any atom is -0.465 e. The van der Waals surface area contributed by atoms with Gasteiger partial charge in [-0.15, -0.1) is 11.3 Å². The van der Waals surface area contributed by atoms with E-state index in [1.807, 2.05) is 18.3 Å². The predicted octanol–water partition coefficient (Wildman–Crippen LogP) is 4.63. The van der Waals surface area contributed by atoms with Crippen molar-refractivity contribution in [2.45, 2.75) is 33.9 Å². The Hall–Kier alpha value is -3.06. The summed E-state index contributed by atoms with van der Waals surface area (Å²) in [7, 11) is 1.32. The topological polar surface area (TPSA) is 72.4 Å². The Morgan fingerprint density at radius 3 is 2.55 bits per heavy atom. The second kappa shape index (κ2) is 8.96. The molecule has 6 nitrogen and oxygen atoms in total. The van der Waals surface area contributed by atoms with Gasteiger partial charge in [0.15, 0.2) is 0 Å². The summed E-state index contributed by atoms with van der Waals surface area (Å²) in [5.41, 5.74) is 6.52. The molecular weight excluding hydrogens is 386 g/mol. The van der Waals surface area contributed by atoms with E-state index >= 15 is 0 Å². The number of nitrogens with zero attached hydrogens (tertiary/aromatic N) is 1. The largest absolute Gasteiger partial charge is 0.465 e. The molecule has 152 valence electrons. The molecule has 0 fully saturated rings. The number of nitrogens with one attached hydrogen (secondary N) is 2. The van der Waals surface area contributed by atoms with Gasteiger partial charge in [-0.25, -0.2) is 9.59 Å². The zero-order valence-corrected chi connectivity index (χ0v) is 17.9. The monoisotopic (exact) mass is 411 g/mol. The van der Waals surface area contributed by atoms with Gasteiger partial charge in [0.2, 0.25) is 0 Å². The van der Waals surface area contributed by atoms with Crippen LogP contribution in [0.2, 0.25) is 0 Å². The molecule has 3 aromatic rings. The summed E-state index contributed by atoms with van der Waals surface area (Å²) in [6, 6.07) is 9.66. The normalized spacial score (nSPS) is 10.6. The fraction of sp³-hybridized carbons (Fsp3) is 0.273. The average Bonchev–Trinajstić information content (AvgIpc) is 3.31. The first kappa shape index (κ1) is 20.7. The number of ether oxygens (including phenoxy) is 1. The number of hydrogen-bond acceptors (Lipinski definition) is 4. The van der Waals surface area contributed by atoms with E-state index in [1.165, 1.54) is 40.7 Å². The molecule has 2 heterocycles. The van der Waals surface area contributed by atoms with E-state index < -0.39 is 5.97 Å². The molecule has 0 radical (unpaired) electrons. The minimum atomic E-state index is -0.465. The summed E-state index contributed by atoms with van der Waals surface area (Å²) in [6.07, 6.45) is 2.02. The van der Waals surface area contributed by atoms with Crippen LogP contribution < -0.4 is 10.6 Å². The molecule has 0 aliphatic heterocycles. The number of rotatable bonds is 6. The number of amides is 2. The van der Waals surface area contributed by atoms with E-state index in [2.05, 4.69) is 48.1 Å². The highest BCUT2D eigenvalue weighted by Crippen LogP contribution is 2.23. The van der Waals surface area contributed by atoms with Gasteiger partial charge in [-0.05, 0) is 61.0 Å². The van der Waals surface area contributed by atoms with Gasteiger partial charge in [-0.2, -0.15) is 0 Å². The molecule has 0 saturated carbocycles. The number of hydrogen-bond donors (Lipinski definition) is 2. The first-order valence-electron chi connectivity index (χ1n) is 9.30. The molecule has 29 heavy (non-hydrogen) atoms. The number of urea groups is 1. The van der Waals surface area contributed by atoms with E-state index in [1.54, 1.807) is 11.4 Å². The van der Waals surface area contributed by atoms with E-state index in [0.717, 1.165) is 12.2 Å². The summed E-state index contributed by atoms with van der Waals surface area (Å²) in [5.74, 6) is -0.465. The standard InChI is InChI=1S/C22H25N3O3S/c1-14-10-15(2)18(16(3)11-14)13-25-8-5-6-17(25)12-23-22(27)24-19-7-9-29-20(19)21(26)28-4/h5-11H,12-13H2,1-4H3,(H2,23,24,27). The number of anilines is 1. The van der Waals surface area contributed by atoms with Crippen molar-refractivity contribution in [1.82, 2.24) is 9.88 Å². The fourth-order valence-corrected chi connectivity index (χ4v) is 4.16. The number of aryl methyl sites for hydroxylation is 3. The summed E-state index contributed by atoms with van der Waals surface area (Å²) >= 11 is 1.23. The minimum absolute atomic E-state index is 0.371. The molecule has 2 amide bonds. The number of carbonyl (C=O) groups excluding carboxylic acids is 2. The lowest BCUT2D eigenvalue weighted by molar-refractivity contribution is 0.0607. The maximum absolute atomic E-state index is 12.3. The van der Waals surface area contributed by atoms with Gasteiger partial charge in [-0.3, -0.25) is 0 Å². The zero-order chi connectivity index (χ0) is 21.0. The third-order valence-electron chi connectivity index (χ3n) is 4.81. The average molecular weight is 412 g/mol. The molecule has 0 bridgehead atoms. The van der Waals surface area contributed by atoms with Crippen LogP contribution in [-0.4, -0.2) is 23.7 Å². The van der Waals surface area contributed by atoms with E-state index in [9.17, 15) is 9.59 Å². The van der Waals surface area contributed by atoms with Crippen molar-refractivity contribution in [1.29, 1.82) is 0 Å². The summed E-state index contributed by atoms with van der Waals surface area (Å²) in [6.45, 7) is 7.49. The Kier molecular flexibility index (Phi) is 6.39. The maximum Gasteiger partial charge on any atom is 0.350 e. The SMILES string of the molecule is COC(=O)c1sccc1NC(=O)NCc1cccn1Cc1c(C)cc(C)cc1C. The van der Waals surface area contributed by atoms with Crippen molar-refractivity contribution in [2.24, 2.45) is 0 Å². The molecule has 1 aromatic carbocycles. The van der Waals surface area contributed by atoms with Crippen LogP contribution in [0.5, 0.6) is 0 Å². The van der Waals surface area contributed by atoms with Crippen LogP contribution in [0.3, 0.4) is 0 Å². The third kappa shape index (κ3) is 4.86. The molecule has 0 unspecified atom stereocenters. The number of carbonyl (C=O) groups is 2. The molecule has 7 heteroatoms. The first-order valence-corrected chi connectivity index (χ1v) is 10.2. The van der Waals surface area contributed by atoms with Crippen LogP contribution in [0.25, 0.3) is 0 Å². The maximum atomic E-state index is 12.3. The molecule has 0 aliphatic carbocycles. The Balaban J connectivity index is 1.65. The lowest BCUT2D eigenvalue weighted by atomic mass is 10.00. The number of aromatic nitrogens is 1. The van der Waals surface area contributed by atoms with Crippen molar-refractivity contribution in [3.63, 3.8) is 0 Å². The van der Waals surface area contributed by atoms with Crippen molar-refractivity contribution in [2.75, 3.05) is 12.4 Å². The summed E-state index contributed by atoms with van der Waals surface area (Å²) < 4.78 is 6.87. The van der Waals surface area contributed by atoms with E-state index in [-0.39, 0.29) is 6.03 Å². The van der Waals surface area contributed by atoms with Crippen molar-refractivity contribution in [3.05, 3.63) is 74.7 Å². The highest BCUT2D eigenvalue weighted by Gasteiger charge is 2.15. The van der Waals surface area contributed by atoms with Crippen LogP contribution in [0.1, 0.15) is 37.6 Å². The number of thiophene rings is 1. The van der Waals surface area contributed by atoms with Gasteiger partial charge in [0.1, 0.15) is 4.88 Å². The van der Waals surface area contributed by atoms with Gasteiger partial charge in [0.25, 0.3) is 0 Å². The highest BCUT2D eigenvalue weighted by molar-refractivity contribution is 7.12. The number of esters is 1. The Morgan fingerprint density at radius 1 is 1.14 bits per heavy atom. The molecule has 2 aromatic heterocycles. The molecule has 0 saturated heterocycles. The van der Waals surface area contributed by atoms with Crippen LogP contribution >= 0.6 is 11.3 Å². The Bertz CT molecular complexity index is 1010. The Morgan fingerprint density at radius 2 is 1.86 bits per heavy atom. The lowest BCUT2D eigenvalue weighted by Crippen LogP contribution is -2.29. The lowest BCUT2D eigenvalue weighted by Gasteiger charge is -2.15. The van der Waals surface area contributed by atoms with Gasteiger partial charge in [0.05, 0.1) is 19.3 Å². The fourth-order valence-electron chi connectivity index (χ4n) is 3.39. The van der Waals surface area contributed by atoms with Gasteiger partial charge in [0, 0.05) is 18.4 Å². The molecule has 2 N–H and O–H groups in total. The quantitative estimate of drug-likeness (QED) is 0.581. The predicted molar refractivity (Wildman–Crippen MR) is 116 cm³/mol. The van der Waals surface area contributed by atoms with Gasteiger partial charge >= 0.3 is 12.0 Å². The van der Waals surface area contributed by atoms with E-state index in [4.69, 9.17) is 4.74 Å². The zero-order valence-electron chi connectivity index (χ0n) is 17.0. The van der Waals surface area contributed by atoms with Crippen molar-refractivity contribution < 1.29 is 14.3 Å². The highest BCUT2D eigenvalue weighted by atomic mass is 32.1. The second-order valence-corrected chi connectivity index (χ2v) is 7.88. The molecule has 0 aliphatic rings. The smallest absolute Gasteiger partial charge is 0.350 e. The third-order valence-corrected chi connectivity index (χ3v) is 5.70. The van der Waals surface area contributed by atoms with Crippen molar-refractivity contribution in [3.8, 4) is 0 Å². The second-order valence-electron chi connectivity index (χ2n) is 6.97. The summed E-state index contributed by atoms with van der Waals surface area (Å²) in [5, 5.41) is 7.30. The van der Waals surface area contributed by atoms with E-state index in [0.29, 0.717) is 17.1 Å². The van der Waals surface area contributed by atoms with Crippen LogP contribution in [0.15, 0.2) is 41.9 Å². The van der Waals surface area contributed by atoms with Crippen LogP contribution in [-0.2, 0) is 17.8 Å². The molecule has 0 atom stereocenters. The van der Waals surface area contributed by atoms with Crippen molar-refractivity contribution >= 4 is 29.0 Å². The van der Waals surface area contributed by atoms with Gasteiger partial charge in [-0.1, -0.05) is 17.7 Å². The van der Waals surface area contributed by atoms with Crippen LogP contribution in [0, 0.1) is 20.8 Å². The first-order chi connectivity index (χ1) is 13.9. The molecular formula is C22H25N3O3S. The number of benzene rings is 1. The molecule has 0 spiro atoms. The van der Waals surface area contributed by atoms with Crippen LogP contribution in [0.4, 0.5) is 10.5 Å². The number of methoxy groups -OCH3 is 1.